The van der Waals surface area contributed by atoms with Gasteiger partial charge in [0.1, 0.15) is 0 Å². The number of carbonyl (C=O) groups is 2. The highest BCUT2D eigenvalue weighted by Gasteiger charge is 2.19. The number of fused-ring (bicyclic) bond motifs is 1. The van der Waals surface area contributed by atoms with Crippen molar-refractivity contribution in [3.05, 3.63) is 22.0 Å². The Morgan fingerprint density at radius 1 is 1.19 bits per heavy atom. The number of methoxy groups -OCH3 is 2. The minimum atomic E-state index is -1.01. The van der Waals surface area contributed by atoms with Crippen molar-refractivity contribution in [3.8, 4) is 11.5 Å². The van der Waals surface area contributed by atoms with Crippen LogP contribution < -0.4 is 9.47 Å². The maximum Gasteiger partial charge on any atom is 0.303 e. The first-order chi connectivity index (χ1) is 9.97. The fourth-order valence-corrected chi connectivity index (χ4v) is 3.41. The Bertz CT molecular complexity index is 707. The van der Waals surface area contributed by atoms with E-state index in [1.165, 1.54) is 25.6 Å². The quantitative estimate of drug-likeness (QED) is 0.820. The van der Waals surface area contributed by atoms with Crippen molar-refractivity contribution in [1.82, 2.24) is 0 Å². The molecule has 112 valence electrons. The number of carboxylic acid groups (broad SMARTS) is 1. The van der Waals surface area contributed by atoms with Crippen molar-refractivity contribution < 1.29 is 24.2 Å². The lowest BCUT2D eigenvalue weighted by Gasteiger charge is -2.06. The molecule has 0 amide bonds. The molecule has 1 heterocycles. The van der Waals surface area contributed by atoms with Crippen LogP contribution in [0.1, 0.15) is 22.5 Å². The fraction of sp³-hybridized carbons (Fsp3) is 0.286. The summed E-state index contributed by atoms with van der Waals surface area (Å²) in [5.74, 6) is -0.216. The van der Waals surface area contributed by atoms with Crippen LogP contribution in [-0.4, -0.2) is 31.1 Å². The molecule has 2 rings (SSSR count). The first-order valence-corrected chi connectivity index (χ1v) is 7.26. The Hall–Kier alpha value is -1.79. The molecular weight excluding hydrogens is 316 g/mol. The second kappa shape index (κ2) is 6.32. The van der Waals surface area contributed by atoms with Gasteiger partial charge in [-0.05, 0) is 6.07 Å². The van der Waals surface area contributed by atoms with Crippen LogP contribution in [-0.2, 0) is 4.79 Å². The highest BCUT2D eigenvalue weighted by Crippen LogP contribution is 2.42. The molecule has 1 aromatic heterocycles. The molecule has 2 aromatic rings. The number of aliphatic carboxylic acids is 1. The van der Waals surface area contributed by atoms with Gasteiger partial charge in [0.25, 0.3) is 0 Å². The van der Waals surface area contributed by atoms with Gasteiger partial charge in [-0.2, -0.15) is 0 Å². The molecule has 0 unspecified atom stereocenters. The summed E-state index contributed by atoms with van der Waals surface area (Å²) in [6.45, 7) is 0. The molecular formula is C14H13ClO5S. The van der Waals surface area contributed by atoms with Crippen molar-refractivity contribution in [2.45, 2.75) is 12.8 Å². The SMILES string of the molecule is COc1cc2sc(C(=O)CCC(=O)O)c(Cl)c2cc1OC. The standard InChI is InChI=1S/C14H13ClO5S/c1-19-9-5-7-11(6-10(9)20-2)21-14(13(7)15)8(16)3-4-12(17)18/h5-6H,3-4H2,1-2H3,(H,17,18). The van der Waals surface area contributed by atoms with E-state index in [2.05, 4.69) is 0 Å². The molecule has 0 saturated heterocycles. The summed E-state index contributed by atoms with van der Waals surface area (Å²) in [7, 11) is 3.04. The van der Waals surface area contributed by atoms with Crippen LogP contribution in [0.2, 0.25) is 5.02 Å². The predicted molar refractivity (Wildman–Crippen MR) is 81.1 cm³/mol. The molecule has 0 atom stereocenters. The third kappa shape index (κ3) is 3.11. The number of hydrogen-bond acceptors (Lipinski definition) is 5. The summed E-state index contributed by atoms with van der Waals surface area (Å²) in [5.41, 5.74) is 0. The zero-order chi connectivity index (χ0) is 15.6. The van der Waals surface area contributed by atoms with E-state index in [1.807, 2.05) is 0 Å². The molecule has 0 spiro atoms. The van der Waals surface area contributed by atoms with E-state index in [1.54, 1.807) is 12.1 Å². The molecule has 1 aromatic carbocycles. The van der Waals surface area contributed by atoms with Gasteiger partial charge in [0.15, 0.2) is 17.3 Å². The number of benzene rings is 1. The fourth-order valence-electron chi connectivity index (χ4n) is 1.91. The maximum absolute atomic E-state index is 12.0. The molecule has 7 heteroatoms. The first-order valence-electron chi connectivity index (χ1n) is 6.07. The van der Waals surface area contributed by atoms with Crippen LogP contribution >= 0.6 is 22.9 Å². The van der Waals surface area contributed by atoms with E-state index in [0.29, 0.717) is 26.8 Å². The van der Waals surface area contributed by atoms with Gasteiger partial charge in [-0.25, -0.2) is 0 Å². The number of carboxylic acids is 1. The van der Waals surface area contributed by atoms with Crippen LogP contribution in [0.5, 0.6) is 11.5 Å². The van der Waals surface area contributed by atoms with E-state index in [0.717, 1.165) is 4.70 Å². The van der Waals surface area contributed by atoms with E-state index < -0.39 is 5.97 Å². The first kappa shape index (κ1) is 15.6. The number of carbonyl (C=O) groups excluding carboxylic acids is 1. The Morgan fingerprint density at radius 2 is 1.81 bits per heavy atom. The van der Waals surface area contributed by atoms with Gasteiger partial charge < -0.3 is 14.6 Å². The summed E-state index contributed by atoms with van der Waals surface area (Å²) in [5, 5.41) is 9.66. The van der Waals surface area contributed by atoms with Gasteiger partial charge in [-0.3, -0.25) is 9.59 Å². The van der Waals surface area contributed by atoms with Crippen LogP contribution in [0.25, 0.3) is 10.1 Å². The van der Waals surface area contributed by atoms with Gasteiger partial charge in [0, 0.05) is 22.6 Å². The Kier molecular flexibility index (Phi) is 4.69. The van der Waals surface area contributed by atoms with E-state index in [-0.39, 0.29) is 18.6 Å². The molecule has 0 radical (unpaired) electrons. The van der Waals surface area contributed by atoms with Gasteiger partial charge in [-0.15, -0.1) is 11.3 Å². The minimum absolute atomic E-state index is 0.0733. The van der Waals surface area contributed by atoms with E-state index >= 15 is 0 Å². The van der Waals surface area contributed by atoms with Crippen molar-refractivity contribution in [2.75, 3.05) is 14.2 Å². The number of rotatable bonds is 6. The average molecular weight is 329 g/mol. The van der Waals surface area contributed by atoms with Crippen LogP contribution in [0.4, 0.5) is 0 Å². The third-order valence-corrected chi connectivity index (χ3v) is 4.65. The van der Waals surface area contributed by atoms with Crippen molar-refractivity contribution in [1.29, 1.82) is 0 Å². The monoisotopic (exact) mass is 328 g/mol. The molecule has 0 aliphatic carbocycles. The summed E-state index contributed by atoms with van der Waals surface area (Å²) >= 11 is 7.46. The number of ketones is 1. The third-order valence-electron chi connectivity index (χ3n) is 2.95. The van der Waals surface area contributed by atoms with Crippen LogP contribution in [0.3, 0.4) is 0 Å². The smallest absolute Gasteiger partial charge is 0.303 e. The molecule has 21 heavy (non-hydrogen) atoms. The van der Waals surface area contributed by atoms with E-state index in [4.69, 9.17) is 26.2 Å². The summed E-state index contributed by atoms with van der Waals surface area (Å²) in [6.07, 6.45) is -0.286. The van der Waals surface area contributed by atoms with Gasteiger partial charge in [0.05, 0.1) is 30.5 Å². The Labute approximate surface area is 130 Å². The molecule has 0 fully saturated rings. The maximum atomic E-state index is 12.0. The second-order valence-electron chi connectivity index (χ2n) is 4.27. The zero-order valence-corrected chi connectivity index (χ0v) is 13.0. The molecule has 5 nitrogen and oxygen atoms in total. The molecule has 0 saturated carbocycles. The Balaban J connectivity index is 2.45. The number of thiophene rings is 1. The average Bonchev–Trinajstić information content (AvgIpc) is 2.79. The topological polar surface area (TPSA) is 72.8 Å². The molecule has 0 aliphatic rings. The largest absolute Gasteiger partial charge is 0.493 e. The summed E-state index contributed by atoms with van der Waals surface area (Å²) in [4.78, 5) is 23.0. The van der Waals surface area contributed by atoms with Gasteiger partial charge in [-0.1, -0.05) is 11.6 Å². The van der Waals surface area contributed by atoms with Crippen molar-refractivity contribution in [2.24, 2.45) is 0 Å². The normalized spacial score (nSPS) is 10.6. The molecule has 0 bridgehead atoms. The zero-order valence-electron chi connectivity index (χ0n) is 11.4. The van der Waals surface area contributed by atoms with Crippen molar-refractivity contribution in [3.63, 3.8) is 0 Å². The van der Waals surface area contributed by atoms with Gasteiger partial charge in [0.2, 0.25) is 0 Å². The van der Waals surface area contributed by atoms with Crippen molar-refractivity contribution >= 4 is 44.8 Å². The summed E-state index contributed by atoms with van der Waals surface area (Å²) in [6, 6.07) is 3.46. The molecule has 0 aliphatic heterocycles. The van der Waals surface area contributed by atoms with E-state index in [9.17, 15) is 9.59 Å². The van der Waals surface area contributed by atoms with Crippen LogP contribution in [0, 0.1) is 0 Å². The number of ether oxygens (including phenoxy) is 2. The lowest BCUT2D eigenvalue weighted by molar-refractivity contribution is -0.136. The highest BCUT2D eigenvalue weighted by molar-refractivity contribution is 7.21. The summed E-state index contributed by atoms with van der Waals surface area (Å²) < 4.78 is 11.2. The Morgan fingerprint density at radius 3 is 2.38 bits per heavy atom. The second-order valence-corrected chi connectivity index (χ2v) is 5.70. The number of halogens is 1. The predicted octanol–water partition coefficient (Wildman–Crippen LogP) is 3.62. The lowest BCUT2D eigenvalue weighted by atomic mass is 10.1. The minimum Gasteiger partial charge on any atom is -0.493 e. The molecule has 1 N–H and O–H groups in total. The number of hydrogen-bond donors (Lipinski definition) is 1. The highest BCUT2D eigenvalue weighted by atomic mass is 35.5. The lowest BCUT2D eigenvalue weighted by Crippen LogP contribution is -2.02. The van der Waals surface area contributed by atoms with Crippen LogP contribution in [0.15, 0.2) is 12.1 Å². The van der Waals surface area contributed by atoms with Gasteiger partial charge >= 0.3 is 5.97 Å². The number of Topliss-reactive ketones (excluding diaryl/α,β-unsaturated/α-hetero) is 1.